The van der Waals surface area contributed by atoms with Gasteiger partial charge in [0.15, 0.2) is 0 Å². The second-order valence-corrected chi connectivity index (χ2v) is 13.4. The molecule has 3 aromatic rings. The Hall–Kier alpha value is -2.88. The lowest BCUT2D eigenvalue weighted by Crippen LogP contribution is -2.27. The van der Waals surface area contributed by atoms with E-state index in [0.29, 0.717) is 39.3 Å². The summed E-state index contributed by atoms with van der Waals surface area (Å²) < 4.78 is 0. The van der Waals surface area contributed by atoms with Crippen LogP contribution in [0, 0.1) is 0 Å². The first-order valence-electron chi connectivity index (χ1n) is 15.4. The van der Waals surface area contributed by atoms with Crippen LogP contribution in [0.15, 0.2) is 87.5 Å². The fourth-order valence-corrected chi connectivity index (χ4v) is 7.59. The van der Waals surface area contributed by atoms with Crippen molar-refractivity contribution in [2.24, 2.45) is 0 Å². The molecule has 44 heavy (non-hydrogen) atoms. The zero-order chi connectivity index (χ0) is 32.3. The molecular weight excluding hydrogens is 607 g/mol. The van der Waals surface area contributed by atoms with Crippen LogP contribution >= 0.6 is 35.3 Å². The summed E-state index contributed by atoms with van der Waals surface area (Å²) in [5.74, 6) is 0. The first-order valence-corrected chi connectivity index (χ1v) is 17.8. The third-order valence-corrected chi connectivity index (χ3v) is 10.8. The normalized spacial score (nSPS) is 11.2. The van der Waals surface area contributed by atoms with Crippen LogP contribution in [0.1, 0.15) is 65.2 Å². The molecule has 0 aliphatic rings. The van der Waals surface area contributed by atoms with Crippen molar-refractivity contribution in [2.45, 2.75) is 68.6 Å². The van der Waals surface area contributed by atoms with Gasteiger partial charge in [-0.05, 0) is 137 Å². The SMILES string of the molecule is CCN(CC)C(=O)Sc1ccc(C(C)(c2ccc(SC(=O)N(CC)CC)cc2)c2ccc(SC(=O)N(CC)CC)cc2)cc1. The number of nitrogens with zero attached hydrogens (tertiary/aromatic N) is 3. The van der Waals surface area contributed by atoms with Crippen LogP contribution in [0.4, 0.5) is 14.4 Å². The van der Waals surface area contributed by atoms with Gasteiger partial charge < -0.3 is 14.7 Å². The summed E-state index contributed by atoms with van der Waals surface area (Å²) in [5.41, 5.74) is 2.72. The smallest absolute Gasteiger partial charge is 0.286 e. The van der Waals surface area contributed by atoms with Crippen molar-refractivity contribution in [3.8, 4) is 0 Å². The van der Waals surface area contributed by atoms with Gasteiger partial charge in [0.1, 0.15) is 0 Å². The van der Waals surface area contributed by atoms with E-state index in [1.807, 2.05) is 92.6 Å². The first-order chi connectivity index (χ1) is 21.1. The fourth-order valence-electron chi connectivity index (χ4n) is 5.01. The predicted octanol–water partition coefficient (Wildman–Crippen LogP) is 9.70. The molecule has 6 nitrogen and oxygen atoms in total. The van der Waals surface area contributed by atoms with Gasteiger partial charge in [-0.25, -0.2) is 0 Å². The molecule has 9 heteroatoms. The Balaban J connectivity index is 1.98. The minimum absolute atomic E-state index is 0.0465. The lowest BCUT2D eigenvalue weighted by molar-refractivity contribution is 0.227. The lowest BCUT2D eigenvalue weighted by Gasteiger charge is -2.32. The van der Waals surface area contributed by atoms with Crippen molar-refractivity contribution in [3.05, 3.63) is 89.5 Å². The Kier molecular flexibility index (Phi) is 13.7. The van der Waals surface area contributed by atoms with Gasteiger partial charge >= 0.3 is 0 Å². The number of hydrogen-bond donors (Lipinski definition) is 0. The van der Waals surface area contributed by atoms with Crippen molar-refractivity contribution >= 4 is 51.0 Å². The summed E-state index contributed by atoms with van der Waals surface area (Å²) in [4.78, 5) is 46.3. The van der Waals surface area contributed by atoms with Crippen molar-refractivity contribution in [3.63, 3.8) is 0 Å². The number of carbonyl (C=O) groups excluding carboxylic acids is 3. The van der Waals surface area contributed by atoms with Gasteiger partial charge in [-0.2, -0.15) is 0 Å². The van der Waals surface area contributed by atoms with E-state index in [4.69, 9.17) is 0 Å². The second kappa shape index (κ2) is 17.0. The Bertz CT molecular complexity index is 1200. The van der Waals surface area contributed by atoms with Crippen LogP contribution in [-0.2, 0) is 5.41 Å². The fraction of sp³-hybridized carbons (Fsp3) is 0.400. The van der Waals surface area contributed by atoms with E-state index in [9.17, 15) is 14.4 Å². The summed E-state index contributed by atoms with van der Waals surface area (Å²) in [6.45, 7) is 18.2. The molecular formula is C35H45N3O3S3. The highest BCUT2D eigenvalue weighted by Crippen LogP contribution is 2.41. The number of hydrogen-bond acceptors (Lipinski definition) is 6. The van der Waals surface area contributed by atoms with Crippen molar-refractivity contribution < 1.29 is 14.4 Å². The first kappa shape index (κ1) is 35.6. The zero-order valence-corrected chi connectivity index (χ0v) is 29.4. The maximum Gasteiger partial charge on any atom is 0.286 e. The van der Waals surface area contributed by atoms with Gasteiger partial charge in [0, 0.05) is 59.4 Å². The molecule has 0 bridgehead atoms. The summed E-state index contributed by atoms with van der Waals surface area (Å²) in [6.07, 6.45) is 0. The monoisotopic (exact) mass is 651 g/mol. The summed E-state index contributed by atoms with van der Waals surface area (Å²) in [7, 11) is 0. The predicted molar refractivity (Wildman–Crippen MR) is 187 cm³/mol. The van der Waals surface area contributed by atoms with Crippen LogP contribution in [0.3, 0.4) is 0 Å². The summed E-state index contributed by atoms with van der Waals surface area (Å²) in [6, 6.07) is 24.6. The number of amides is 3. The van der Waals surface area contributed by atoms with E-state index < -0.39 is 5.41 Å². The van der Waals surface area contributed by atoms with Crippen LogP contribution in [0.5, 0.6) is 0 Å². The van der Waals surface area contributed by atoms with Crippen molar-refractivity contribution in [1.29, 1.82) is 0 Å². The molecule has 0 unspecified atom stereocenters. The average molecular weight is 652 g/mol. The van der Waals surface area contributed by atoms with Crippen LogP contribution in [0.25, 0.3) is 0 Å². The third kappa shape index (κ3) is 8.64. The zero-order valence-electron chi connectivity index (χ0n) is 27.0. The molecule has 0 spiro atoms. The molecule has 0 radical (unpaired) electrons. The van der Waals surface area contributed by atoms with Crippen LogP contribution in [0.2, 0.25) is 0 Å². The number of thioether (sulfide) groups is 3. The molecule has 3 amide bonds. The summed E-state index contributed by atoms with van der Waals surface area (Å²) >= 11 is 3.75. The molecule has 3 aromatic carbocycles. The maximum absolute atomic E-state index is 12.7. The molecule has 0 aromatic heterocycles. The molecule has 0 heterocycles. The second-order valence-electron chi connectivity index (χ2n) is 10.3. The molecule has 0 aliphatic carbocycles. The topological polar surface area (TPSA) is 60.9 Å². The van der Waals surface area contributed by atoms with Gasteiger partial charge in [0.05, 0.1) is 0 Å². The van der Waals surface area contributed by atoms with Crippen molar-refractivity contribution in [2.75, 3.05) is 39.3 Å². The van der Waals surface area contributed by atoms with E-state index >= 15 is 0 Å². The van der Waals surface area contributed by atoms with Crippen molar-refractivity contribution in [1.82, 2.24) is 14.7 Å². The molecule has 0 saturated heterocycles. The average Bonchev–Trinajstić information content (AvgIpc) is 3.03. The molecule has 0 saturated carbocycles. The Morgan fingerprint density at radius 2 is 0.659 bits per heavy atom. The Morgan fingerprint density at radius 1 is 0.455 bits per heavy atom. The number of carbonyl (C=O) groups is 3. The van der Waals surface area contributed by atoms with Gasteiger partial charge in [0.2, 0.25) is 0 Å². The standard InChI is InChI=1S/C35H45N3O3S3/c1-8-36(9-2)32(39)42-29-20-14-26(15-21-29)35(7,27-16-22-30(23-17-27)43-33(40)37(10-3)11-4)28-18-24-31(25-19-28)44-34(41)38(12-5)13-6/h14-25H,8-13H2,1-7H3. The number of benzene rings is 3. The molecule has 236 valence electrons. The van der Waals surface area contributed by atoms with E-state index in [1.165, 1.54) is 35.3 Å². The lowest BCUT2D eigenvalue weighted by atomic mass is 9.71. The minimum atomic E-state index is -0.524. The van der Waals surface area contributed by atoms with E-state index in [0.717, 1.165) is 31.4 Å². The highest BCUT2D eigenvalue weighted by molar-refractivity contribution is 8.14. The Labute approximate surface area is 276 Å². The molecule has 3 rings (SSSR count). The molecule has 0 atom stereocenters. The highest BCUT2D eigenvalue weighted by atomic mass is 32.2. The maximum atomic E-state index is 12.7. The number of rotatable bonds is 12. The molecule has 0 fully saturated rings. The van der Waals surface area contributed by atoms with Gasteiger partial charge in [0.25, 0.3) is 15.7 Å². The quantitative estimate of drug-likeness (QED) is 0.144. The van der Waals surface area contributed by atoms with Gasteiger partial charge in [-0.1, -0.05) is 36.4 Å². The molecule has 0 aliphatic heterocycles. The van der Waals surface area contributed by atoms with Gasteiger partial charge in [-0.3, -0.25) is 14.4 Å². The van der Waals surface area contributed by atoms with Crippen LogP contribution < -0.4 is 0 Å². The largest absolute Gasteiger partial charge is 0.334 e. The Morgan fingerprint density at radius 3 is 0.841 bits per heavy atom. The van der Waals surface area contributed by atoms with E-state index in [1.54, 1.807) is 0 Å². The minimum Gasteiger partial charge on any atom is -0.334 e. The third-order valence-electron chi connectivity index (χ3n) is 7.98. The molecule has 0 N–H and O–H groups in total. The van der Waals surface area contributed by atoms with Gasteiger partial charge in [-0.15, -0.1) is 0 Å². The van der Waals surface area contributed by atoms with E-state index in [2.05, 4.69) is 43.3 Å². The van der Waals surface area contributed by atoms with Crippen LogP contribution in [-0.4, -0.2) is 69.7 Å². The van der Waals surface area contributed by atoms with E-state index in [-0.39, 0.29) is 15.7 Å². The summed E-state index contributed by atoms with van der Waals surface area (Å²) in [5, 5.41) is 0.139. The highest BCUT2D eigenvalue weighted by Gasteiger charge is 2.32.